The molecule has 1 rings (SSSR count). The van der Waals surface area contributed by atoms with Gasteiger partial charge in [0.15, 0.2) is 0 Å². The molecule has 0 saturated heterocycles. The predicted molar refractivity (Wildman–Crippen MR) is 39.1 cm³/mol. The van der Waals surface area contributed by atoms with Crippen LogP contribution in [0.5, 0.6) is 0 Å². The molecule has 0 fully saturated rings. The topological polar surface area (TPSA) is 112 Å². The highest BCUT2D eigenvalue weighted by atomic mass is 32.3. The third-order valence-corrected chi connectivity index (χ3v) is 1.08. The van der Waals surface area contributed by atoms with Crippen LogP contribution in [0.1, 0.15) is 12.8 Å². The van der Waals surface area contributed by atoms with E-state index in [4.69, 9.17) is 22.6 Å². The molecule has 3 N–H and O–H groups in total. The third-order valence-electron chi connectivity index (χ3n) is 1.08. The van der Waals surface area contributed by atoms with Gasteiger partial charge in [0.2, 0.25) is 0 Å². The Labute approximate surface area is 69.1 Å². The minimum Gasteiger partial charge on any atom is -0.478 e. The van der Waals surface area contributed by atoms with E-state index < -0.39 is 16.4 Å². The second-order valence-electron chi connectivity index (χ2n) is 2.02. The molecule has 7 heteroatoms. The SMILES string of the molecule is O=C(O)C1=CCC1.O=S(=O)(O)O. The van der Waals surface area contributed by atoms with Crippen molar-refractivity contribution < 1.29 is 27.4 Å². The quantitative estimate of drug-likeness (QED) is 0.514. The Hall–Kier alpha value is -0.920. The lowest BCUT2D eigenvalue weighted by Crippen LogP contribution is -2.05. The number of carbonyl (C=O) groups is 1. The Kier molecular flexibility index (Phi) is 3.87. The first-order chi connectivity index (χ1) is 5.30. The average molecular weight is 196 g/mol. The number of rotatable bonds is 1. The second kappa shape index (κ2) is 4.19. The summed E-state index contributed by atoms with van der Waals surface area (Å²) >= 11 is 0. The van der Waals surface area contributed by atoms with Crippen LogP contribution in [0.2, 0.25) is 0 Å². The Bertz CT molecular complexity index is 279. The zero-order chi connectivity index (χ0) is 9.78. The number of hydrogen-bond acceptors (Lipinski definition) is 3. The van der Waals surface area contributed by atoms with Crippen LogP contribution in [-0.2, 0) is 15.2 Å². The monoisotopic (exact) mass is 196 g/mol. The molecule has 0 saturated carbocycles. The molecule has 0 atom stereocenters. The zero-order valence-electron chi connectivity index (χ0n) is 5.97. The highest BCUT2D eigenvalue weighted by molar-refractivity contribution is 7.79. The van der Waals surface area contributed by atoms with Gasteiger partial charge in [0.25, 0.3) is 0 Å². The summed E-state index contributed by atoms with van der Waals surface area (Å²) < 4.78 is 31.6. The smallest absolute Gasteiger partial charge is 0.394 e. The molecule has 0 aromatic rings. The van der Waals surface area contributed by atoms with Crippen LogP contribution >= 0.6 is 0 Å². The molecular formula is C5H8O6S. The number of carboxylic acids is 1. The zero-order valence-corrected chi connectivity index (χ0v) is 6.78. The van der Waals surface area contributed by atoms with Crippen LogP contribution in [-0.4, -0.2) is 28.6 Å². The molecular weight excluding hydrogens is 188 g/mol. The molecule has 6 nitrogen and oxygen atoms in total. The van der Waals surface area contributed by atoms with E-state index in [1.807, 2.05) is 0 Å². The highest BCUT2D eigenvalue weighted by Gasteiger charge is 2.11. The number of carboxylic acid groups (broad SMARTS) is 1. The van der Waals surface area contributed by atoms with Crippen LogP contribution in [0.3, 0.4) is 0 Å². The van der Waals surface area contributed by atoms with Gasteiger partial charge in [0.1, 0.15) is 0 Å². The lowest BCUT2D eigenvalue weighted by atomic mass is 10.00. The number of hydrogen-bond donors (Lipinski definition) is 3. The molecule has 0 spiro atoms. The molecule has 1 aliphatic rings. The van der Waals surface area contributed by atoms with Crippen molar-refractivity contribution in [1.29, 1.82) is 0 Å². The van der Waals surface area contributed by atoms with Crippen LogP contribution in [0, 0.1) is 0 Å². The Morgan fingerprint density at radius 1 is 1.42 bits per heavy atom. The second-order valence-corrected chi connectivity index (χ2v) is 2.92. The first-order valence-electron chi connectivity index (χ1n) is 2.93. The number of allylic oxidation sites excluding steroid dienone is 1. The summed E-state index contributed by atoms with van der Waals surface area (Å²) in [6, 6.07) is 0. The molecule has 0 aromatic carbocycles. The highest BCUT2D eigenvalue weighted by Crippen LogP contribution is 2.16. The van der Waals surface area contributed by atoms with Crippen molar-refractivity contribution in [3.05, 3.63) is 11.6 Å². The molecule has 0 aliphatic heterocycles. The van der Waals surface area contributed by atoms with Crippen LogP contribution in [0.4, 0.5) is 0 Å². The fraction of sp³-hybridized carbons (Fsp3) is 0.400. The molecule has 1 aliphatic carbocycles. The molecule has 12 heavy (non-hydrogen) atoms. The normalized spacial score (nSPS) is 15.0. The molecule has 0 bridgehead atoms. The first-order valence-corrected chi connectivity index (χ1v) is 4.32. The van der Waals surface area contributed by atoms with Gasteiger partial charge in [-0.15, -0.1) is 0 Å². The van der Waals surface area contributed by atoms with E-state index in [0.717, 1.165) is 12.8 Å². The van der Waals surface area contributed by atoms with E-state index in [1.165, 1.54) is 0 Å². The molecule has 0 radical (unpaired) electrons. The van der Waals surface area contributed by atoms with Crippen LogP contribution in [0.15, 0.2) is 11.6 Å². The van der Waals surface area contributed by atoms with E-state index >= 15 is 0 Å². The van der Waals surface area contributed by atoms with Crippen molar-refractivity contribution in [3.63, 3.8) is 0 Å². The van der Waals surface area contributed by atoms with Crippen molar-refractivity contribution in [3.8, 4) is 0 Å². The lowest BCUT2D eigenvalue weighted by Gasteiger charge is -2.06. The fourth-order valence-electron chi connectivity index (χ4n) is 0.483. The third kappa shape index (κ3) is 7.19. The van der Waals surface area contributed by atoms with Gasteiger partial charge >= 0.3 is 16.4 Å². The van der Waals surface area contributed by atoms with E-state index in [1.54, 1.807) is 6.08 Å². The summed E-state index contributed by atoms with van der Waals surface area (Å²) in [6.45, 7) is 0. The summed E-state index contributed by atoms with van der Waals surface area (Å²) in [5, 5.41) is 8.16. The van der Waals surface area contributed by atoms with E-state index in [0.29, 0.717) is 5.57 Å². The summed E-state index contributed by atoms with van der Waals surface area (Å²) in [5.74, 6) is -0.758. The first kappa shape index (κ1) is 11.1. The summed E-state index contributed by atoms with van der Waals surface area (Å²) in [6.07, 6.45) is 3.44. The van der Waals surface area contributed by atoms with Crippen LogP contribution in [0.25, 0.3) is 0 Å². The van der Waals surface area contributed by atoms with Crippen LogP contribution < -0.4 is 0 Å². The maximum Gasteiger partial charge on any atom is 0.394 e. The van der Waals surface area contributed by atoms with Crippen molar-refractivity contribution in [2.24, 2.45) is 0 Å². The van der Waals surface area contributed by atoms with Gasteiger partial charge in [-0.3, -0.25) is 9.11 Å². The fourth-order valence-corrected chi connectivity index (χ4v) is 0.483. The van der Waals surface area contributed by atoms with Gasteiger partial charge in [0.05, 0.1) is 0 Å². The number of aliphatic carboxylic acids is 1. The summed E-state index contributed by atoms with van der Waals surface area (Å²) in [7, 11) is -4.67. The van der Waals surface area contributed by atoms with E-state index in [2.05, 4.69) is 0 Å². The molecule has 70 valence electrons. The maximum absolute atomic E-state index is 9.91. The minimum absolute atomic E-state index is 0.569. The van der Waals surface area contributed by atoms with Gasteiger partial charge in [-0.05, 0) is 12.8 Å². The van der Waals surface area contributed by atoms with Crippen molar-refractivity contribution in [2.75, 3.05) is 0 Å². The van der Waals surface area contributed by atoms with Crippen molar-refractivity contribution in [1.82, 2.24) is 0 Å². The van der Waals surface area contributed by atoms with E-state index in [9.17, 15) is 4.79 Å². The van der Waals surface area contributed by atoms with E-state index in [-0.39, 0.29) is 0 Å². The maximum atomic E-state index is 9.91. The largest absolute Gasteiger partial charge is 0.478 e. The van der Waals surface area contributed by atoms with Gasteiger partial charge in [0, 0.05) is 5.57 Å². The lowest BCUT2D eigenvalue weighted by molar-refractivity contribution is -0.133. The predicted octanol–water partition coefficient (Wildman–Crippen LogP) is 0.138. The van der Waals surface area contributed by atoms with Gasteiger partial charge < -0.3 is 5.11 Å². The van der Waals surface area contributed by atoms with Gasteiger partial charge in [-0.25, -0.2) is 4.79 Å². The van der Waals surface area contributed by atoms with Crippen molar-refractivity contribution in [2.45, 2.75) is 12.8 Å². The standard InChI is InChI=1S/C5H6O2.H2O4S/c6-5(7)4-2-1-3-4;1-5(2,3)4/h2H,1,3H2,(H,6,7);(H2,1,2,3,4). The minimum atomic E-state index is -4.67. The van der Waals surface area contributed by atoms with Crippen molar-refractivity contribution >= 4 is 16.4 Å². The molecule has 0 unspecified atom stereocenters. The summed E-state index contributed by atoms with van der Waals surface area (Å²) in [4.78, 5) is 9.91. The Morgan fingerprint density at radius 2 is 1.75 bits per heavy atom. The molecule has 0 amide bonds. The Morgan fingerprint density at radius 3 is 1.75 bits per heavy atom. The van der Waals surface area contributed by atoms with Gasteiger partial charge in [-0.2, -0.15) is 8.42 Å². The summed E-state index contributed by atoms with van der Waals surface area (Å²) in [5.41, 5.74) is 0.569. The molecule has 0 heterocycles. The molecule has 0 aromatic heterocycles. The average Bonchev–Trinajstić information content (AvgIpc) is 1.49. The van der Waals surface area contributed by atoms with Gasteiger partial charge in [-0.1, -0.05) is 6.08 Å². The Balaban J connectivity index is 0.000000217.